The number of nitrogens with one attached hydrogen (secondary N) is 2. The topological polar surface area (TPSA) is 84.3 Å². The number of hydrogen-bond donors (Lipinski definition) is 2. The molecular formula is C15H20FN3O3. The van der Waals surface area contributed by atoms with Gasteiger partial charge in [-0.2, -0.15) is 0 Å². The van der Waals surface area contributed by atoms with Crippen LogP contribution < -0.4 is 10.6 Å². The lowest BCUT2D eigenvalue weighted by atomic mass is 9.95. The van der Waals surface area contributed by atoms with E-state index in [2.05, 4.69) is 10.6 Å². The predicted molar refractivity (Wildman–Crippen MR) is 81.2 cm³/mol. The van der Waals surface area contributed by atoms with Gasteiger partial charge >= 0.3 is 0 Å². The second-order valence-electron chi connectivity index (χ2n) is 5.50. The molecule has 0 atom stereocenters. The molecule has 120 valence electrons. The van der Waals surface area contributed by atoms with Crippen LogP contribution in [0.25, 0.3) is 0 Å². The van der Waals surface area contributed by atoms with Gasteiger partial charge in [0.15, 0.2) is 0 Å². The number of carbonyl (C=O) groups excluding carboxylic acids is 1. The third kappa shape index (κ3) is 4.68. The number of nitro benzene ring substituents is 1. The van der Waals surface area contributed by atoms with Crippen molar-refractivity contribution in [2.45, 2.75) is 44.6 Å². The first kappa shape index (κ1) is 16.2. The van der Waals surface area contributed by atoms with E-state index in [1.807, 2.05) is 0 Å². The molecular weight excluding hydrogens is 289 g/mol. The van der Waals surface area contributed by atoms with Gasteiger partial charge in [0.25, 0.3) is 5.69 Å². The van der Waals surface area contributed by atoms with Crippen LogP contribution in [0.15, 0.2) is 18.2 Å². The zero-order valence-electron chi connectivity index (χ0n) is 12.3. The summed E-state index contributed by atoms with van der Waals surface area (Å²) in [7, 11) is 0. The van der Waals surface area contributed by atoms with E-state index < -0.39 is 10.7 Å². The average Bonchev–Trinajstić information content (AvgIpc) is 2.48. The van der Waals surface area contributed by atoms with Gasteiger partial charge in [0, 0.05) is 31.1 Å². The molecule has 0 aliphatic heterocycles. The van der Waals surface area contributed by atoms with E-state index in [0.29, 0.717) is 0 Å². The van der Waals surface area contributed by atoms with Crippen molar-refractivity contribution in [1.82, 2.24) is 5.32 Å². The van der Waals surface area contributed by atoms with Crippen LogP contribution in [0.2, 0.25) is 0 Å². The van der Waals surface area contributed by atoms with Gasteiger partial charge in [-0.25, -0.2) is 4.39 Å². The molecule has 7 heteroatoms. The molecule has 1 aliphatic rings. The van der Waals surface area contributed by atoms with Crippen LogP contribution in [0.3, 0.4) is 0 Å². The maximum absolute atomic E-state index is 13.2. The van der Waals surface area contributed by atoms with Crippen molar-refractivity contribution in [2.75, 3.05) is 11.9 Å². The molecule has 2 N–H and O–H groups in total. The Morgan fingerprint density at radius 3 is 2.73 bits per heavy atom. The summed E-state index contributed by atoms with van der Waals surface area (Å²) in [5.41, 5.74) is -0.107. The molecule has 0 spiro atoms. The second kappa shape index (κ2) is 7.72. The Hall–Kier alpha value is -2.18. The minimum atomic E-state index is -0.579. The van der Waals surface area contributed by atoms with E-state index in [1.54, 1.807) is 0 Å². The maximum Gasteiger partial charge on any atom is 0.292 e. The maximum atomic E-state index is 13.2. The lowest BCUT2D eigenvalue weighted by Gasteiger charge is -2.22. The lowest BCUT2D eigenvalue weighted by Crippen LogP contribution is -2.36. The predicted octanol–water partition coefficient (Wildman–Crippen LogP) is 2.98. The van der Waals surface area contributed by atoms with Gasteiger partial charge in [-0.1, -0.05) is 19.3 Å². The monoisotopic (exact) mass is 309 g/mol. The molecule has 0 aromatic heterocycles. The summed E-state index contributed by atoms with van der Waals surface area (Å²) >= 11 is 0. The Bertz CT molecular complexity index is 545. The summed E-state index contributed by atoms with van der Waals surface area (Å²) in [5, 5.41) is 16.6. The molecule has 0 heterocycles. The first-order valence-corrected chi connectivity index (χ1v) is 7.53. The second-order valence-corrected chi connectivity index (χ2v) is 5.50. The van der Waals surface area contributed by atoms with Crippen molar-refractivity contribution in [3.8, 4) is 0 Å². The van der Waals surface area contributed by atoms with E-state index in [9.17, 15) is 19.3 Å². The summed E-state index contributed by atoms with van der Waals surface area (Å²) < 4.78 is 13.2. The normalized spacial score (nSPS) is 15.3. The number of rotatable bonds is 6. The van der Waals surface area contributed by atoms with E-state index in [0.717, 1.165) is 43.9 Å². The zero-order chi connectivity index (χ0) is 15.9. The molecule has 0 saturated heterocycles. The molecule has 1 fully saturated rings. The summed E-state index contributed by atoms with van der Waals surface area (Å²) in [5.74, 6) is -0.641. The van der Waals surface area contributed by atoms with Crippen molar-refractivity contribution < 1.29 is 14.1 Å². The van der Waals surface area contributed by atoms with E-state index in [-0.39, 0.29) is 36.3 Å². The number of amides is 1. The number of anilines is 1. The molecule has 6 nitrogen and oxygen atoms in total. The molecule has 22 heavy (non-hydrogen) atoms. The lowest BCUT2D eigenvalue weighted by molar-refractivity contribution is -0.384. The first-order valence-electron chi connectivity index (χ1n) is 7.53. The van der Waals surface area contributed by atoms with Gasteiger partial charge in [-0.05, 0) is 18.9 Å². The minimum Gasteiger partial charge on any atom is -0.379 e. The largest absolute Gasteiger partial charge is 0.379 e. The number of nitro groups is 1. The van der Waals surface area contributed by atoms with Gasteiger partial charge in [0.1, 0.15) is 11.5 Å². The van der Waals surface area contributed by atoms with E-state index >= 15 is 0 Å². The third-order valence-electron chi connectivity index (χ3n) is 3.79. The molecule has 2 rings (SSSR count). The van der Waals surface area contributed by atoms with Crippen molar-refractivity contribution >= 4 is 17.3 Å². The number of benzene rings is 1. The SMILES string of the molecule is O=C(CCNc1cc(F)ccc1[N+](=O)[O-])NC1CCCCC1. The summed E-state index contributed by atoms with van der Waals surface area (Å²) in [6.45, 7) is 0.225. The van der Waals surface area contributed by atoms with Gasteiger partial charge in [0.2, 0.25) is 5.91 Å². The smallest absolute Gasteiger partial charge is 0.292 e. The number of nitrogens with zero attached hydrogens (tertiary/aromatic N) is 1. The fourth-order valence-corrected chi connectivity index (χ4v) is 2.67. The van der Waals surface area contributed by atoms with Crippen LogP contribution in [-0.2, 0) is 4.79 Å². The van der Waals surface area contributed by atoms with Crippen molar-refractivity contribution in [3.05, 3.63) is 34.1 Å². The average molecular weight is 309 g/mol. The van der Waals surface area contributed by atoms with E-state index in [1.165, 1.54) is 6.42 Å². The zero-order valence-corrected chi connectivity index (χ0v) is 12.3. The number of hydrogen-bond acceptors (Lipinski definition) is 4. The Morgan fingerprint density at radius 1 is 1.32 bits per heavy atom. The third-order valence-corrected chi connectivity index (χ3v) is 3.79. The highest BCUT2D eigenvalue weighted by molar-refractivity contribution is 5.77. The fourth-order valence-electron chi connectivity index (χ4n) is 2.67. The Kier molecular flexibility index (Phi) is 5.68. The molecule has 0 unspecified atom stereocenters. The quantitative estimate of drug-likeness (QED) is 0.625. The molecule has 1 amide bonds. The Morgan fingerprint density at radius 2 is 2.05 bits per heavy atom. The van der Waals surface area contributed by atoms with Crippen LogP contribution >= 0.6 is 0 Å². The summed E-state index contributed by atoms with van der Waals surface area (Å²) in [6, 6.07) is 3.46. The summed E-state index contributed by atoms with van der Waals surface area (Å²) in [6.07, 6.45) is 5.71. The molecule has 1 aromatic rings. The van der Waals surface area contributed by atoms with Crippen molar-refractivity contribution in [2.24, 2.45) is 0 Å². The summed E-state index contributed by atoms with van der Waals surface area (Å²) in [4.78, 5) is 22.1. The van der Waals surface area contributed by atoms with Crippen LogP contribution in [0.5, 0.6) is 0 Å². The highest BCUT2D eigenvalue weighted by Gasteiger charge is 2.17. The number of carbonyl (C=O) groups is 1. The highest BCUT2D eigenvalue weighted by atomic mass is 19.1. The van der Waals surface area contributed by atoms with Crippen LogP contribution in [0.4, 0.5) is 15.8 Å². The fraction of sp³-hybridized carbons (Fsp3) is 0.533. The Balaban J connectivity index is 1.81. The van der Waals surface area contributed by atoms with Gasteiger partial charge in [-0.3, -0.25) is 14.9 Å². The Labute approximate surface area is 128 Å². The van der Waals surface area contributed by atoms with Crippen LogP contribution in [0, 0.1) is 15.9 Å². The molecule has 1 saturated carbocycles. The van der Waals surface area contributed by atoms with Crippen molar-refractivity contribution in [1.29, 1.82) is 0 Å². The minimum absolute atomic E-state index is 0.0848. The molecule has 0 radical (unpaired) electrons. The molecule has 0 bridgehead atoms. The highest BCUT2D eigenvalue weighted by Crippen LogP contribution is 2.24. The van der Waals surface area contributed by atoms with Crippen LogP contribution in [0.1, 0.15) is 38.5 Å². The van der Waals surface area contributed by atoms with Gasteiger partial charge in [-0.15, -0.1) is 0 Å². The first-order chi connectivity index (χ1) is 10.6. The van der Waals surface area contributed by atoms with E-state index in [4.69, 9.17) is 0 Å². The standard InChI is InChI=1S/C15H20FN3O3/c16-11-6-7-14(19(21)22)13(10-11)17-9-8-15(20)18-12-4-2-1-3-5-12/h6-7,10,12,17H,1-5,8-9H2,(H,18,20). The van der Waals surface area contributed by atoms with Gasteiger partial charge < -0.3 is 10.6 Å². The molecule has 1 aromatic carbocycles. The molecule has 1 aliphatic carbocycles. The number of halogens is 1. The van der Waals surface area contributed by atoms with Crippen LogP contribution in [-0.4, -0.2) is 23.4 Å². The van der Waals surface area contributed by atoms with Gasteiger partial charge in [0.05, 0.1) is 4.92 Å². The van der Waals surface area contributed by atoms with Crippen molar-refractivity contribution in [3.63, 3.8) is 0 Å².